The van der Waals surface area contributed by atoms with Gasteiger partial charge in [-0.15, -0.1) is 0 Å². The topological polar surface area (TPSA) is 42.3 Å². The summed E-state index contributed by atoms with van der Waals surface area (Å²) in [4.78, 5) is 20.6. The summed E-state index contributed by atoms with van der Waals surface area (Å²) in [6.45, 7) is 4.47. The number of pyridine rings is 1. The average Bonchev–Trinajstić information content (AvgIpc) is 2.47. The van der Waals surface area contributed by atoms with Gasteiger partial charge in [-0.2, -0.15) is 0 Å². The molecule has 3 nitrogen and oxygen atoms in total. The molecule has 0 radical (unpaired) electrons. The van der Waals surface area contributed by atoms with Crippen LogP contribution >= 0.6 is 0 Å². The molecule has 0 amide bonds. The van der Waals surface area contributed by atoms with Crippen molar-refractivity contribution in [1.82, 2.24) is 4.98 Å². The number of Topliss-reactive ketones (excluding diaryl/α,β-unsaturated/α-hetero) is 1. The van der Waals surface area contributed by atoms with Crippen LogP contribution in [0.1, 0.15) is 34.8 Å². The van der Waals surface area contributed by atoms with Crippen molar-refractivity contribution in [3.8, 4) is 0 Å². The van der Waals surface area contributed by atoms with Crippen LogP contribution in [0, 0.1) is 6.92 Å². The molecule has 0 fully saturated rings. The first kappa shape index (κ1) is 14.1. The van der Waals surface area contributed by atoms with Crippen molar-refractivity contribution >= 4 is 11.5 Å². The lowest BCUT2D eigenvalue weighted by molar-refractivity contribution is 0.100. The van der Waals surface area contributed by atoms with Crippen molar-refractivity contribution in [2.24, 2.45) is 4.99 Å². The van der Waals surface area contributed by atoms with Gasteiger partial charge in [0.1, 0.15) is 0 Å². The summed E-state index contributed by atoms with van der Waals surface area (Å²) in [5.74, 6) is 0.109. The molecule has 3 heteroatoms. The molecule has 1 heterocycles. The Morgan fingerprint density at radius 3 is 2.60 bits per heavy atom. The highest BCUT2D eigenvalue weighted by Gasteiger charge is 2.06. The van der Waals surface area contributed by atoms with Gasteiger partial charge in [0.05, 0.1) is 6.54 Å². The first-order valence-electron chi connectivity index (χ1n) is 6.64. The minimum atomic E-state index is 0.109. The molecule has 0 spiro atoms. The SMILES string of the molecule is CC(CC(=O)c1ccc(C)cc1)=NCc1cccnc1. The first-order chi connectivity index (χ1) is 9.65. The fourth-order valence-corrected chi connectivity index (χ4v) is 1.85. The number of hydrogen-bond donors (Lipinski definition) is 0. The van der Waals surface area contributed by atoms with Crippen LogP contribution < -0.4 is 0 Å². The third-order valence-corrected chi connectivity index (χ3v) is 3.04. The molecule has 0 N–H and O–H groups in total. The van der Waals surface area contributed by atoms with Crippen molar-refractivity contribution in [3.63, 3.8) is 0 Å². The summed E-state index contributed by atoms with van der Waals surface area (Å²) < 4.78 is 0. The monoisotopic (exact) mass is 266 g/mol. The zero-order valence-corrected chi connectivity index (χ0v) is 11.8. The highest BCUT2D eigenvalue weighted by molar-refractivity contribution is 6.08. The van der Waals surface area contributed by atoms with Crippen molar-refractivity contribution in [2.75, 3.05) is 0 Å². The predicted molar refractivity (Wildman–Crippen MR) is 81.2 cm³/mol. The maximum absolute atomic E-state index is 12.1. The largest absolute Gasteiger partial charge is 0.294 e. The number of hydrogen-bond acceptors (Lipinski definition) is 3. The lowest BCUT2D eigenvalue weighted by atomic mass is 10.0. The lowest BCUT2D eigenvalue weighted by Crippen LogP contribution is -2.05. The normalized spacial score (nSPS) is 11.4. The lowest BCUT2D eigenvalue weighted by Gasteiger charge is -2.02. The molecule has 2 aromatic rings. The van der Waals surface area contributed by atoms with E-state index in [1.807, 2.05) is 50.2 Å². The number of ketones is 1. The summed E-state index contributed by atoms with van der Waals surface area (Å²) >= 11 is 0. The van der Waals surface area contributed by atoms with Crippen LogP contribution in [0.25, 0.3) is 0 Å². The summed E-state index contributed by atoms with van der Waals surface area (Å²) in [5, 5.41) is 0. The predicted octanol–water partition coefficient (Wildman–Crippen LogP) is 3.62. The Labute approximate surface area is 119 Å². The Hall–Kier alpha value is -2.29. The van der Waals surface area contributed by atoms with E-state index in [1.165, 1.54) is 0 Å². The van der Waals surface area contributed by atoms with Gasteiger partial charge in [0.2, 0.25) is 0 Å². The summed E-state index contributed by atoms with van der Waals surface area (Å²) in [7, 11) is 0. The molecule has 0 aliphatic rings. The second kappa shape index (κ2) is 6.75. The second-order valence-corrected chi connectivity index (χ2v) is 4.88. The maximum atomic E-state index is 12.1. The van der Waals surface area contributed by atoms with Crippen LogP contribution in [-0.2, 0) is 6.54 Å². The molecule has 0 aliphatic carbocycles. The van der Waals surface area contributed by atoms with Crippen molar-refractivity contribution in [2.45, 2.75) is 26.8 Å². The van der Waals surface area contributed by atoms with Gasteiger partial charge in [0, 0.05) is 30.1 Å². The van der Waals surface area contributed by atoms with Gasteiger partial charge in [-0.3, -0.25) is 14.8 Å². The summed E-state index contributed by atoms with van der Waals surface area (Å²) in [5.41, 5.74) is 3.80. The maximum Gasteiger partial charge on any atom is 0.168 e. The number of aliphatic imine (C=N–C) groups is 1. The minimum Gasteiger partial charge on any atom is -0.294 e. The smallest absolute Gasteiger partial charge is 0.168 e. The third-order valence-electron chi connectivity index (χ3n) is 3.04. The number of carbonyl (C=O) groups excluding carboxylic acids is 1. The Morgan fingerprint density at radius 2 is 1.95 bits per heavy atom. The van der Waals surface area contributed by atoms with Crippen LogP contribution in [0.15, 0.2) is 53.8 Å². The van der Waals surface area contributed by atoms with E-state index in [2.05, 4.69) is 9.98 Å². The van der Waals surface area contributed by atoms with Gasteiger partial charge in [-0.1, -0.05) is 35.9 Å². The summed E-state index contributed by atoms with van der Waals surface area (Å²) in [6, 6.07) is 11.5. The van der Waals surface area contributed by atoms with Crippen molar-refractivity contribution in [3.05, 3.63) is 65.5 Å². The van der Waals surface area contributed by atoms with Crippen LogP contribution in [0.3, 0.4) is 0 Å². The van der Waals surface area contributed by atoms with Crippen LogP contribution in [-0.4, -0.2) is 16.5 Å². The van der Waals surface area contributed by atoms with Crippen LogP contribution in [0.4, 0.5) is 0 Å². The molecule has 1 aromatic heterocycles. The fraction of sp³-hybridized carbons (Fsp3) is 0.235. The highest BCUT2D eigenvalue weighted by Crippen LogP contribution is 2.07. The van der Waals surface area contributed by atoms with Gasteiger partial charge in [0.25, 0.3) is 0 Å². The molecule has 0 aliphatic heterocycles. The molecule has 0 atom stereocenters. The summed E-state index contributed by atoms with van der Waals surface area (Å²) in [6.07, 6.45) is 3.89. The van der Waals surface area contributed by atoms with Gasteiger partial charge in [-0.25, -0.2) is 0 Å². The molecular formula is C17H18N2O. The van der Waals surface area contributed by atoms with E-state index in [9.17, 15) is 4.79 Å². The third kappa shape index (κ3) is 4.12. The molecule has 0 saturated heterocycles. The van der Waals surface area contributed by atoms with Gasteiger partial charge < -0.3 is 0 Å². The van der Waals surface area contributed by atoms with E-state index in [-0.39, 0.29) is 5.78 Å². The number of aromatic nitrogens is 1. The van der Waals surface area contributed by atoms with Crippen LogP contribution in [0.5, 0.6) is 0 Å². The number of rotatable bonds is 5. The number of carbonyl (C=O) groups is 1. The number of benzene rings is 1. The first-order valence-corrected chi connectivity index (χ1v) is 6.64. The minimum absolute atomic E-state index is 0.109. The second-order valence-electron chi connectivity index (χ2n) is 4.88. The molecule has 20 heavy (non-hydrogen) atoms. The van der Waals surface area contributed by atoms with Crippen LogP contribution in [0.2, 0.25) is 0 Å². The van der Waals surface area contributed by atoms with E-state index in [4.69, 9.17) is 0 Å². The Morgan fingerprint density at radius 1 is 1.20 bits per heavy atom. The van der Waals surface area contributed by atoms with E-state index in [0.717, 1.165) is 22.4 Å². The van der Waals surface area contributed by atoms with E-state index < -0.39 is 0 Å². The molecular weight excluding hydrogens is 248 g/mol. The molecule has 0 unspecified atom stereocenters. The van der Waals surface area contributed by atoms with Gasteiger partial charge >= 0.3 is 0 Å². The Kier molecular flexibility index (Phi) is 4.77. The standard InChI is InChI=1S/C17H18N2O/c1-13-5-7-16(8-6-13)17(20)10-14(2)19-12-15-4-3-9-18-11-15/h3-9,11H,10,12H2,1-2H3. The Balaban J connectivity index is 1.95. The van der Waals surface area contributed by atoms with Gasteiger partial charge in [0.15, 0.2) is 5.78 Å². The molecule has 0 saturated carbocycles. The van der Waals surface area contributed by atoms with Crippen molar-refractivity contribution < 1.29 is 4.79 Å². The number of aryl methyl sites for hydroxylation is 1. The fourth-order valence-electron chi connectivity index (χ4n) is 1.85. The quantitative estimate of drug-likeness (QED) is 0.612. The van der Waals surface area contributed by atoms with E-state index in [0.29, 0.717) is 13.0 Å². The van der Waals surface area contributed by atoms with E-state index >= 15 is 0 Å². The van der Waals surface area contributed by atoms with E-state index in [1.54, 1.807) is 12.4 Å². The molecule has 2 rings (SSSR count). The van der Waals surface area contributed by atoms with Gasteiger partial charge in [-0.05, 0) is 25.5 Å². The molecule has 102 valence electrons. The number of nitrogens with zero attached hydrogens (tertiary/aromatic N) is 2. The highest BCUT2D eigenvalue weighted by atomic mass is 16.1. The Bertz CT molecular complexity index is 601. The molecule has 0 bridgehead atoms. The molecule has 1 aromatic carbocycles. The van der Waals surface area contributed by atoms with Crippen molar-refractivity contribution in [1.29, 1.82) is 0 Å². The zero-order valence-electron chi connectivity index (χ0n) is 11.8. The average molecular weight is 266 g/mol. The zero-order chi connectivity index (χ0) is 14.4.